The van der Waals surface area contributed by atoms with E-state index in [0.717, 1.165) is 47.9 Å². The molecular weight excluding hydrogens is 522 g/mol. The predicted octanol–water partition coefficient (Wildman–Crippen LogP) is 5.86. The van der Waals surface area contributed by atoms with E-state index >= 15 is 0 Å². The minimum absolute atomic E-state index is 0.0981. The number of carbonyl (C=O) groups excluding carboxylic acids is 2. The molecular formula is C32H33N3O4S. The Morgan fingerprint density at radius 1 is 1.00 bits per heavy atom. The summed E-state index contributed by atoms with van der Waals surface area (Å²) >= 11 is 1.71. The average Bonchev–Trinajstić information content (AvgIpc) is 3.68. The van der Waals surface area contributed by atoms with E-state index in [1.165, 1.54) is 11.3 Å². The van der Waals surface area contributed by atoms with Gasteiger partial charge in [-0.25, -0.2) is 0 Å². The highest BCUT2D eigenvalue weighted by Crippen LogP contribution is 2.43. The Bertz CT molecular complexity index is 1550. The van der Waals surface area contributed by atoms with Gasteiger partial charge in [-0.05, 0) is 49.1 Å². The monoisotopic (exact) mass is 555 g/mol. The Balaban J connectivity index is 1.36. The molecule has 2 aliphatic heterocycles. The van der Waals surface area contributed by atoms with Gasteiger partial charge in [0.15, 0.2) is 17.0 Å². The zero-order valence-corrected chi connectivity index (χ0v) is 23.4. The van der Waals surface area contributed by atoms with E-state index in [0.29, 0.717) is 23.7 Å². The highest BCUT2D eigenvalue weighted by atomic mass is 32.1. The van der Waals surface area contributed by atoms with E-state index in [1.807, 2.05) is 60.7 Å². The van der Waals surface area contributed by atoms with E-state index in [2.05, 4.69) is 22.9 Å². The highest BCUT2D eigenvalue weighted by molar-refractivity contribution is 7.19. The number of carbonyl (C=O) groups is 2. The van der Waals surface area contributed by atoms with Crippen LogP contribution in [0.25, 0.3) is 10.2 Å². The van der Waals surface area contributed by atoms with Gasteiger partial charge in [-0.3, -0.25) is 9.59 Å². The van der Waals surface area contributed by atoms with Gasteiger partial charge in [0, 0.05) is 10.9 Å². The molecule has 1 aliphatic carbocycles. The Hall–Kier alpha value is -3.78. The second-order valence-electron chi connectivity index (χ2n) is 11.0. The molecule has 2 aromatic heterocycles. The first-order chi connectivity index (χ1) is 19.6. The number of hydrogen-bond acceptors (Lipinski definition) is 5. The van der Waals surface area contributed by atoms with Crippen molar-refractivity contribution in [1.82, 2.24) is 14.8 Å². The first-order valence-corrected chi connectivity index (χ1v) is 15.1. The molecule has 8 heteroatoms. The summed E-state index contributed by atoms with van der Waals surface area (Å²) < 4.78 is 15.4. The molecule has 0 saturated heterocycles. The van der Waals surface area contributed by atoms with Gasteiger partial charge in [0.25, 0.3) is 18.1 Å². The van der Waals surface area contributed by atoms with Crippen LogP contribution < -0.4 is 14.8 Å². The Morgan fingerprint density at radius 3 is 2.40 bits per heavy atom. The Morgan fingerprint density at radius 2 is 1.70 bits per heavy atom. The molecule has 7 rings (SSSR count). The van der Waals surface area contributed by atoms with Gasteiger partial charge in [-0.1, -0.05) is 68.7 Å². The van der Waals surface area contributed by atoms with Crippen LogP contribution in [0, 0.1) is 0 Å². The third kappa shape index (κ3) is 4.08. The normalized spacial score (nSPS) is 21.1. The predicted molar refractivity (Wildman–Crippen MR) is 155 cm³/mol. The summed E-state index contributed by atoms with van der Waals surface area (Å²) in [6.07, 6.45) is 5.52. The third-order valence-corrected chi connectivity index (χ3v) is 9.78. The summed E-state index contributed by atoms with van der Waals surface area (Å²) in [5.74, 6) is 0.946. The van der Waals surface area contributed by atoms with Crippen LogP contribution in [0.5, 0.6) is 11.5 Å². The number of hydrogen-bond donors (Lipinski definition) is 1. The molecule has 4 aromatic rings. The van der Waals surface area contributed by atoms with Crippen molar-refractivity contribution in [3.05, 3.63) is 82.9 Å². The fraction of sp³-hybridized carbons (Fsp3) is 0.375. The molecule has 1 unspecified atom stereocenters. The van der Waals surface area contributed by atoms with Crippen molar-refractivity contribution in [2.45, 2.75) is 69.9 Å². The van der Waals surface area contributed by atoms with Crippen LogP contribution in [0.3, 0.4) is 0 Å². The molecule has 1 atom stereocenters. The SMILES string of the molecule is CCc1cc2c(cc3n2CC(C(=O)NC2CCCCC2)(c2ccccc2)N(CC2Oc4ccccc4O2)C3=O)s1. The van der Waals surface area contributed by atoms with Crippen molar-refractivity contribution in [1.29, 1.82) is 0 Å². The van der Waals surface area contributed by atoms with Crippen LogP contribution in [0.2, 0.25) is 0 Å². The van der Waals surface area contributed by atoms with Crippen LogP contribution in [-0.4, -0.2) is 40.2 Å². The zero-order chi connectivity index (χ0) is 27.3. The summed E-state index contributed by atoms with van der Waals surface area (Å²) in [5.41, 5.74) is 1.11. The van der Waals surface area contributed by atoms with Gasteiger partial charge in [0.2, 0.25) is 0 Å². The standard InChI is InChI=1S/C32H33N3O4S/c1-2-23-17-24-28(40-23)18-25-30(36)35(19-29-38-26-15-9-10-16-27(26)39-29)32(20-34(24)25,21-11-5-3-6-12-21)31(37)33-22-13-7-4-8-14-22/h3,5-6,9-12,15-18,22,29H,2,4,7-8,13-14,19-20H2,1H3,(H,33,37). The lowest BCUT2D eigenvalue weighted by Crippen LogP contribution is -2.65. The zero-order valence-electron chi connectivity index (χ0n) is 22.6. The van der Waals surface area contributed by atoms with Crippen LogP contribution in [-0.2, 0) is 23.3 Å². The molecule has 7 nitrogen and oxygen atoms in total. The van der Waals surface area contributed by atoms with Crippen molar-refractivity contribution < 1.29 is 19.1 Å². The number of aromatic nitrogens is 1. The topological polar surface area (TPSA) is 72.8 Å². The number of nitrogens with one attached hydrogen (secondary N) is 1. The van der Waals surface area contributed by atoms with Crippen molar-refractivity contribution in [2.24, 2.45) is 0 Å². The quantitative estimate of drug-likeness (QED) is 0.323. The smallest absolute Gasteiger partial charge is 0.272 e. The highest BCUT2D eigenvalue weighted by Gasteiger charge is 2.54. The number of aryl methyl sites for hydroxylation is 1. The van der Waals surface area contributed by atoms with E-state index in [-0.39, 0.29) is 24.4 Å². The number of rotatable bonds is 6. The molecule has 2 aromatic carbocycles. The maximum absolute atomic E-state index is 14.7. The lowest BCUT2D eigenvalue weighted by atomic mass is 9.83. The average molecular weight is 556 g/mol. The summed E-state index contributed by atoms with van der Waals surface area (Å²) in [4.78, 5) is 32.1. The van der Waals surface area contributed by atoms with Gasteiger partial charge >= 0.3 is 0 Å². The van der Waals surface area contributed by atoms with E-state index in [1.54, 1.807) is 16.2 Å². The fourth-order valence-corrected chi connectivity index (χ4v) is 7.53. The summed E-state index contributed by atoms with van der Waals surface area (Å²) in [7, 11) is 0. The number of fused-ring (bicyclic) bond motifs is 4. The van der Waals surface area contributed by atoms with Gasteiger partial charge in [0.1, 0.15) is 5.69 Å². The third-order valence-electron chi connectivity index (χ3n) is 8.57. The molecule has 3 aliphatic rings. The summed E-state index contributed by atoms with van der Waals surface area (Å²) in [6, 6.07) is 21.5. The minimum atomic E-state index is -1.27. The number of para-hydroxylation sites is 2. The molecule has 1 saturated carbocycles. The van der Waals surface area contributed by atoms with Gasteiger partial charge < -0.3 is 24.3 Å². The summed E-state index contributed by atoms with van der Waals surface area (Å²) in [6.45, 7) is 2.57. The second kappa shape index (κ2) is 10.0. The van der Waals surface area contributed by atoms with E-state index in [9.17, 15) is 9.59 Å². The molecule has 40 heavy (non-hydrogen) atoms. The fourth-order valence-electron chi connectivity index (χ4n) is 6.49. The van der Waals surface area contributed by atoms with E-state index in [4.69, 9.17) is 9.47 Å². The molecule has 0 spiro atoms. The lowest BCUT2D eigenvalue weighted by molar-refractivity contribution is -0.137. The van der Waals surface area contributed by atoms with E-state index < -0.39 is 11.8 Å². The van der Waals surface area contributed by atoms with Crippen molar-refractivity contribution >= 4 is 33.4 Å². The number of benzene rings is 2. The first-order valence-electron chi connectivity index (χ1n) is 14.3. The summed E-state index contributed by atoms with van der Waals surface area (Å²) in [5, 5.41) is 3.38. The van der Waals surface area contributed by atoms with Crippen LogP contribution in [0.4, 0.5) is 0 Å². The second-order valence-corrected chi connectivity index (χ2v) is 12.2. The molecule has 0 radical (unpaired) electrons. The molecule has 206 valence electrons. The van der Waals surface area contributed by atoms with Gasteiger partial charge in [-0.15, -0.1) is 11.3 Å². The Labute approximate surface area is 237 Å². The van der Waals surface area contributed by atoms with Crippen LogP contribution in [0.15, 0.2) is 66.7 Å². The molecule has 1 N–H and O–H groups in total. The number of amides is 2. The molecule has 4 heterocycles. The molecule has 1 fully saturated rings. The minimum Gasteiger partial charge on any atom is -0.449 e. The van der Waals surface area contributed by atoms with Crippen LogP contribution in [0.1, 0.15) is 60.0 Å². The maximum Gasteiger partial charge on any atom is 0.272 e. The van der Waals surface area contributed by atoms with Crippen molar-refractivity contribution in [3.63, 3.8) is 0 Å². The van der Waals surface area contributed by atoms with Gasteiger partial charge in [0.05, 0.1) is 23.3 Å². The largest absolute Gasteiger partial charge is 0.449 e. The van der Waals surface area contributed by atoms with Crippen molar-refractivity contribution in [3.8, 4) is 11.5 Å². The molecule has 0 bridgehead atoms. The van der Waals surface area contributed by atoms with Gasteiger partial charge in [-0.2, -0.15) is 0 Å². The number of thiophene rings is 1. The van der Waals surface area contributed by atoms with Crippen LogP contribution >= 0.6 is 11.3 Å². The molecule has 2 amide bonds. The number of nitrogens with zero attached hydrogens (tertiary/aromatic N) is 2. The lowest BCUT2D eigenvalue weighted by Gasteiger charge is -2.47. The van der Waals surface area contributed by atoms with Crippen molar-refractivity contribution in [2.75, 3.05) is 6.54 Å². The Kier molecular flexibility index (Phi) is 6.30. The maximum atomic E-state index is 14.7. The first kappa shape index (κ1) is 25.2. The number of ether oxygens (including phenoxy) is 2.